The maximum absolute atomic E-state index is 11.6. The van der Waals surface area contributed by atoms with Gasteiger partial charge in [-0.2, -0.15) is 13.2 Å². The van der Waals surface area contributed by atoms with Crippen molar-refractivity contribution in [2.24, 2.45) is 0 Å². The van der Waals surface area contributed by atoms with Gasteiger partial charge >= 0.3 is 6.18 Å². The van der Waals surface area contributed by atoms with Gasteiger partial charge < -0.3 is 15.2 Å². The lowest BCUT2D eigenvalue weighted by Crippen LogP contribution is -2.35. The minimum absolute atomic E-state index is 0.152. The summed E-state index contributed by atoms with van der Waals surface area (Å²) in [6.45, 7) is -0.275. The molecule has 0 fully saturated rings. The number of aliphatic hydroxyl groups is 1. The summed E-state index contributed by atoms with van der Waals surface area (Å²) < 4.78 is 39.0. The number of hydrogen-bond donors (Lipinski definition) is 2. The fraction of sp³-hybridized carbons (Fsp3) is 0.875. The van der Waals surface area contributed by atoms with Crippen LogP contribution in [0, 0.1) is 0 Å². The molecule has 0 heterocycles. The first-order valence-electron chi connectivity index (χ1n) is 4.40. The van der Waals surface area contributed by atoms with Gasteiger partial charge in [0.15, 0.2) is 0 Å². The minimum Gasteiger partial charge on any atom is -0.394 e. The molecule has 0 aromatic carbocycles. The summed E-state index contributed by atoms with van der Waals surface area (Å²) in [4.78, 5) is 11.0. The zero-order chi connectivity index (χ0) is 11.9. The van der Waals surface area contributed by atoms with Crippen LogP contribution in [0.25, 0.3) is 0 Å². The summed E-state index contributed by atoms with van der Waals surface area (Å²) in [5.74, 6) is -0.446. The van der Waals surface area contributed by atoms with Gasteiger partial charge in [-0.15, -0.1) is 0 Å². The number of carbonyl (C=O) groups is 1. The first kappa shape index (κ1) is 14.2. The molecule has 0 saturated heterocycles. The van der Waals surface area contributed by atoms with E-state index in [9.17, 15) is 18.0 Å². The Morgan fingerprint density at radius 2 is 2.13 bits per heavy atom. The van der Waals surface area contributed by atoms with Crippen molar-refractivity contribution in [1.82, 2.24) is 5.32 Å². The van der Waals surface area contributed by atoms with Crippen LogP contribution in [0.2, 0.25) is 0 Å². The summed E-state index contributed by atoms with van der Waals surface area (Å²) in [5.41, 5.74) is 0. The Hall–Kier alpha value is -0.820. The van der Waals surface area contributed by atoms with E-state index in [2.05, 4.69) is 10.1 Å². The number of rotatable bonds is 6. The van der Waals surface area contributed by atoms with Crippen LogP contribution in [-0.4, -0.2) is 43.1 Å². The molecule has 0 aliphatic heterocycles. The van der Waals surface area contributed by atoms with Crippen molar-refractivity contribution in [2.45, 2.75) is 25.6 Å². The lowest BCUT2D eigenvalue weighted by atomic mass is 10.3. The molecule has 90 valence electrons. The molecule has 4 nitrogen and oxygen atoms in total. The molecule has 7 heteroatoms. The van der Waals surface area contributed by atoms with Gasteiger partial charge in [0.25, 0.3) is 0 Å². The van der Waals surface area contributed by atoms with Gasteiger partial charge in [-0.3, -0.25) is 4.79 Å². The summed E-state index contributed by atoms with van der Waals surface area (Å²) in [7, 11) is 0. The molecule has 0 bridgehead atoms. The highest BCUT2D eigenvalue weighted by molar-refractivity contribution is 5.76. The smallest absolute Gasteiger partial charge is 0.394 e. The summed E-state index contributed by atoms with van der Waals surface area (Å²) >= 11 is 0. The first-order valence-corrected chi connectivity index (χ1v) is 4.40. The van der Waals surface area contributed by atoms with Crippen molar-refractivity contribution in [3.63, 3.8) is 0 Å². The van der Waals surface area contributed by atoms with E-state index in [1.165, 1.54) is 0 Å². The minimum atomic E-state index is -4.37. The van der Waals surface area contributed by atoms with E-state index in [-0.39, 0.29) is 19.6 Å². The number of amides is 1. The molecule has 0 aromatic heterocycles. The molecule has 15 heavy (non-hydrogen) atoms. The van der Waals surface area contributed by atoms with E-state index in [1.54, 1.807) is 6.92 Å². The van der Waals surface area contributed by atoms with Crippen LogP contribution in [-0.2, 0) is 9.53 Å². The number of ether oxygens (including phenoxy) is 1. The maximum Gasteiger partial charge on any atom is 0.411 e. The topological polar surface area (TPSA) is 58.6 Å². The summed E-state index contributed by atoms with van der Waals surface area (Å²) in [6, 6.07) is -0.403. The molecule has 0 saturated carbocycles. The van der Waals surface area contributed by atoms with Crippen LogP contribution in [0.3, 0.4) is 0 Å². The van der Waals surface area contributed by atoms with E-state index >= 15 is 0 Å². The second kappa shape index (κ2) is 6.62. The van der Waals surface area contributed by atoms with Gasteiger partial charge in [-0.05, 0) is 6.92 Å². The van der Waals surface area contributed by atoms with Crippen LogP contribution in [0.15, 0.2) is 0 Å². The highest BCUT2D eigenvalue weighted by Gasteiger charge is 2.27. The molecule has 1 atom stereocenters. The van der Waals surface area contributed by atoms with E-state index in [0.717, 1.165) is 0 Å². The van der Waals surface area contributed by atoms with E-state index < -0.39 is 24.7 Å². The molecule has 0 aliphatic carbocycles. The Morgan fingerprint density at radius 3 is 2.60 bits per heavy atom. The lowest BCUT2D eigenvalue weighted by Gasteiger charge is -2.11. The van der Waals surface area contributed by atoms with Gasteiger partial charge in [-0.1, -0.05) is 0 Å². The van der Waals surface area contributed by atoms with E-state index in [1.807, 2.05) is 0 Å². The molecule has 0 aliphatic rings. The molecule has 0 spiro atoms. The predicted octanol–water partition coefficient (Wildman–Crippen LogP) is 0.452. The Kier molecular flexibility index (Phi) is 6.26. The molecule has 0 unspecified atom stereocenters. The molecular formula is C8H14F3NO3. The predicted molar refractivity (Wildman–Crippen MR) is 46.2 cm³/mol. The van der Waals surface area contributed by atoms with Crippen LogP contribution < -0.4 is 5.32 Å². The number of carbonyl (C=O) groups excluding carboxylic acids is 1. The maximum atomic E-state index is 11.6. The van der Waals surface area contributed by atoms with Crippen molar-refractivity contribution >= 4 is 5.91 Å². The molecule has 0 aromatic rings. The van der Waals surface area contributed by atoms with Crippen LogP contribution >= 0.6 is 0 Å². The number of aliphatic hydroxyl groups excluding tert-OH is 1. The number of nitrogens with one attached hydrogen (secondary N) is 1. The van der Waals surface area contributed by atoms with Crippen LogP contribution in [0.4, 0.5) is 13.2 Å². The van der Waals surface area contributed by atoms with Crippen molar-refractivity contribution in [1.29, 1.82) is 0 Å². The second-order valence-electron chi connectivity index (χ2n) is 3.07. The Balaban J connectivity index is 3.48. The molecule has 0 radical (unpaired) electrons. The number of halogens is 3. The average Bonchev–Trinajstić information content (AvgIpc) is 2.11. The molecule has 0 rings (SSSR count). The summed E-state index contributed by atoms with van der Waals surface area (Å²) in [5, 5.41) is 10.9. The van der Waals surface area contributed by atoms with Gasteiger partial charge in [0.1, 0.15) is 6.61 Å². The van der Waals surface area contributed by atoms with Gasteiger partial charge in [-0.25, -0.2) is 0 Å². The molecule has 1 amide bonds. The number of alkyl halides is 3. The van der Waals surface area contributed by atoms with Crippen molar-refractivity contribution < 1.29 is 27.8 Å². The van der Waals surface area contributed by atoms with E-state index in [0.29, 0.717) is 0 Å². The van der Waals surface area contributed by atoms with Gasteiger partial charge in [0.05, 0.1) is 13.2 Å². The van der Waals surface area contributed by atoms with E-state index in [4.69, 9.17) is 5.11 Å². The third-order valence-corrected chi connectivity index (χ3v) is 1.42. The van der Waals surface area contributed by atoms with Gasteiger partial charge in [0.2, 0.25) is 5.91 Å². The molecular weight excluding hydrogens is 215 g/mol. The first-order chi connectivity index (χ1) is 6.85. The summed E-state index contributed by atoms with van der Waals surface area (Å²) in [6.07, 6.45) is -4.52. The Bertz CT molecular complexity index is 196. The fourth-order valence-electron chi connectivity index (χ4n) is 0.745. The van der Waals surface area contributed by atoms with Crippen LogP contribution in [0.5, 0.6) is 0 Å². The fourth-order valence-corrected chi connectivity index (χ4v) is 0.745. The lowest BCUT2D eigenvalue weighted by molar-refractivity contribution is -0.174. The van der Waals surface area contributed by atoms with Crippen LogP contribution in [0.1, 0.15) is 13.3 Å². The highest BCUT2D eigenvalue weighted by atomic mass is 19.4. The third kappa shape index (κ3) is 9.48. The standard InChI is InChI=1S/C8H14F3NO3/c1-6(4-13)12-7(14)2-3-15-5-8(9,10)11/h6,13H,2-5H2,1H3,(H,12,14)/t6-/m0/s1. The Morgan fingerprint density at radius 1 is 1.53 bits per heavy atom. The second-order valence-corrected chi connectivity index (χ2v) is 3.07. The average molecular weight is 229 g/mol. The van der Waals surface area contributed by atoms with Crippen molar-refractivity contribution in [3.8, 4) is 0 Å². The SMILES string of the molecule is C[C@@H](CO)NC(=O)CCOCC(F)(F)F. The Labute approximate surface area is 85.4 Å². The van der Waals surface area contributed by atoms with Crippen molar-refractivity contribution in [3.05, 3.63) is 0 Å². The third-order valence-electron chi connectivity index (χ3n) is 1.42. The van der Waals surface area contributed by atoms with Crippen molar-refractivity contribution in [2.75, 3.05) is 19.8 Å². The monoisotopic (exact) mass is 229 g/mol. The van der Waals surface area contributed by atoms with Gasteiger partial charge in [0, 0.05) is 12.5 Å². The zero-order valence-corrected chi connectivity index (χ0v) is 8.30. The highest BCUT2D eigenvalue weighted by Crippen LogP contribution is 2.14. The number of hydrogen-bond acceptors (Lipinski definition) is 3. The normalized spacial score (nSPS) is 13.7. The largest absolute Gasteiger partial charge is 0.411 e. The zero-order valence-electron chi connectivity index (χ0n) is 8.30. The molecule has 2 N–H and O–H groups in total. The quantitative estimate of drug-likeness (QED) is 0.650.